The van der Waals surface area contributed by atoms with Gasteiger partial charge in [-0.1, -0.05) is 78.9 Å². The number of amides is 2. The molecule has 5 rings (SSSR count). The van der Waals surface area contributed by atoms with Gasteiger partial charge in [0.15, 0.2) is 0 Å². The fourth-order valence-corrected chi connectivity index (χ4v) is 6.48. The van der Waals surface area contributed by atoms with Gasteiger partial charge < -0.3 is 25.4 Å². The Kier molecular flexibility index (Phi) is 12.1. The van der Waals surface area contributed by atoms with Crippen molar-refractivity contribution in [2.75, 3.05) is 20.7 Å². The van der Waals surface area contributed by atoms with Gasteiger partial charge in [0.1, 0.15) is 10.8 Å². The quantitative estimate of drug-likeness (QED) is 0.127. The lowest BCUT2D eigenvalue weighted by molar-refractivity contribution is 0.0785. The third-order valence-electron chi connectivity index (χ3n) is 8.13. The molecule has 248 valence electrons. The van der Waals surface area contributed by atoms with Crippen molar-refractivity contribution in [3.63, 3.8) is 0 Å². The van der Waals surface area contributed by atoms with Gasteiger partial charge in [-0.15, -0.1) is 11.3 Å². The number of thiazole rings is 1. The average Bonchev–Trinajstić information content (AvgIpc) is 3.52. The summed E-state index contributed by atoms with van der Waals surface area (Å²) in [7, 11) is 3.36. The Morgan fingerprint density at radius 2 is 1.54 bits per heavy atom. The van der Waals surface area contributed by atoms with Crippen molar-refractivity contribution in [1.29, 1.82) is 0 Å². The average molecular weight is 663 g/mol. The van der Waals surface area contributed by atoms with Crippen LogP contribution in [0.4, 0.5) is 0 Å². The first-order valence-corrected chi connectivity index (χ1v) is 16.9. The van der Waals surface area contributed by atoms with Gasteiger partial charge in [0.05, 0.1) is 25.8 Å². The molecular formula is C39H42N4O4S. The highest BCUT2D eigenvalue weighted by Crippen LogP contribution is 2.24. The Bertz CT molecular complexity index is 1780. The highest BCUT2D eigenvalue weighted by atomic mass is 32.1. The molecule has 9 heteroatoms. The van der Waals surface area contributed by atoms with E-state index in [9.17, 15) is 14.7 Å². The van der Waals surface area contributed by atoms with Gasteiger partial charge in [-0.25, -0.2) is 4.98 Å². The third-order valence-corrected chi connectivity index (χ3v) is 9.08. The van der Waals surface area contributed by atoms with Crippen LogP contribution in [0.1, 0.15) is 54.1 Å². The molecule has 5 aromatic rings. The Hall–Kier alpha value is -4.83. The first-order chi connectivity index (χ1) is 23.3. The molecule has 3 atom stereocenters. The highest BCUT2D eigenvalue weighted by molar-refractivity contribution is 7.09. The van der Waals surface area contributed by atoms with Gasteiger partial charge in [0.2, 0.25) is 0 Å². The van der Waals surface area contributed by atoms with Crippen molar-refractivity contribution < 1.29 is 19.4 Å². The van der Waals surface area contributed by atoms with E-state index in [0.717, 1.165) is 27.4 Å². The summed E-state index contributed by atoms with van der Waals surface area (Å²) in [6.45, 7) is 2.70. The number of aliphatic hydroxyl groups is 1. The van der Waals surface area contributed by atoms with E-state index < -0.39 is 12.1 Å². The first-order valence-electron chi connectivity index (χ1n) is 16.0. The van der Waals surface area contributed by atoms with Gasteiger partial charge in [-0.2, -0.15) is 0 Å². The van der Waals surface area contributed by atoms with E-state index in [1.54, 1.807) is 43.3 Å². The molecule has 1 aromatic heterocycles. The second-order valence-corrected chi connectivity index (χ2v) is 12.8. The van der Waals surface area contributed by atoms with E-state index in [2.05, 4.69) is 15.6 Å². The lowest BCUT2D eigenvalue weighted by atomic mass is 9.95. The molecular weight excluding hydrogens is 621 g/mol. The minimum atomic E-state index is -0.749. The molecule has 8 nitrogen and oxygen atoms in total. The molecule has 0 aliphatic carbocycles. The number of aliphatic hydroxyl groups excluding tert-OH is 1. The van der Waals surface area contributed by atoms with Crippen LogP contribution in [0, 0.1) is 6.92 Å². The number of nitrogens with zero attached hydrogens (tertiary/aromatic N) is 2. The van der Waals surface area contributed by atoms with E-state index >= 15 is 0 Å². The summed E-state index contributed by atoms with van der Waals surface area (Å²) in [4.78, 5) is 33.1. The first kappa shape index (κ1) is 34.5. The topological polar surface area (TPSA) is 104 Å². The van der Waals surface area contributed by atoms with Crippen molar-refractivity contribution in [3.8, 4) is 5.75 Å². The monoisotopic (exact) mass is 662 g/mol. The Labute approximate surface area is 286 Å². The maximum atomic E-state index is 13.7. The standard InChI is InChI=1S/C39H42N4O4S/c1-27-26-48-36(41-27)25-43(2)39(46)32-18-10-17-31(22-32)38(45)42-33(20-28-12-6-4-7-13-28)24-40-37(30-16-11-19-34(23-30)47-3)35(44)21-29-14-8-5-9-15-29/h4-19,22-23,26,33,35,37,40,44H,20-21,24-25H2,1-3H3,(H,42,45)/t33-,35+,37+/m0/s1. The number of methoxy groups -OCH3 is 1. The summed E-state index contributed by atoms with van der Waals surface area (Å²) in [5.41, 5.74) is 4.72. The molecule has 0 saturated carbocycles. The zero-order chi connectivity index (χ0) is 33.9. The van der Waals surface area contributed by atoms with Crippen LogP contribution < -0.4 is 15.4 Å². The number of ether oxygens (including phenoxy) is 1. The van der Waals surface area contributed by atoms with Crippen LogP contribution >= 0.6 is 11.3 Å². The van der Waals surface area contributed by atoms with Gasteiger partial charge >= 0.3 is 0 Å². The summed E-state index contributed by atoms with van der Waals surface area (Å²) in [6.07, 6.45) is 0.261. The smallest absolute Gasteiger partial charge is 0.253 e. The SMILES string of the molecule is COc1cccc([C@@H](NC[C@H](Cc2ccccc2)NC(=O)c2cccc(C(=O)N(C)Cc3nc(C)cs3)c2)[C@H](O)Cc2ccccc2)c1. The van der Waals surface area contributed by atoms with Crippen LogP contribution in [0.5, 0.6) is 5.75 Å². The largest absolute Gasteiger partial charge is 0.497 e. The van der Waals surface area contributed by atoms with E-state index in [-0.39, 0.29) is 17.9 Å². The van der Waals surface area contributed by atoms with Gasteiger partial charge in [0, 0.05) is 48.3 Å². The normalized spacial score (nSPS) is 12.9. The van der Waals surface area contributed by atoms with Crippen molar-refractivity contribution in [2.24, 2.45) is 0 Å². The molecule has 1 heterocycles. The van der Waals surface area contributed by atoms with Crippen LogP contribution in [0.3, 0.4) is 0 Å². The Morgan fingerprint density at radius 3 is 2.21 bits per heavy atom. The summed E-state index contributed by atoms with van der Waals surface area (Å²) in [6, 6.07) is 33.6. The number of nitrogens with one attached hydrogen (secondary N) is 2. The zero-order valence-electron chi connectivity index (χ0n) is 27.5. The molecule has 0 aliphatic heterocycles. The van der Waals surface area contributed by atoms with Crippen LogP contribution in [0.25, 0.3) is 0 Å². The molecule has 0 bridgehead atoms. The van der Waals surface area contributed by atoms with Crippen molar-refractivity contribution in [2.45, 2.75) is 44.5 Å². The van der Waals surface area contributed by atoms with Crippen molar-refractivity contribution in [1.82, 2.24) is 20.5 Å². The van der Waals surface area contributed by atoms with Gasteiger partial charge in [-0.3, -0.25) is 9.59 Å². The molecule has 3 N–H and O–H groups in total. The minimum Gasteiger partial charge on any atom is -0.497 e. The van der Waals surface area contributed by atoms with E-state index in [1.807, 2.05) is 97.2 Å². The summed E-state index contributed by atoms with van der Waals surface area (Å²) in [5, 5.41) is 21.1. The molecule has 0 fully saturated rings. The number of hydrogen-bond acceptors (Lipinski definition) is 7. The Balaban J connectivity index is 1.33. The number of hydrogen-bond donors (Lipinski definition) is 3. The Morgan fingerprint density at radius 1 is 0.875 bits per heavy atom. The number of aryl methyl sites for hydroxylation is 1. The number of carbonyl (C=O) groups is 2. The number of rotatable bonds is 15. The molecule has 4 aromatic carbocycles. The molecule has 2 amide bonds. The summed E-state index contributed by atoms with van der Waals surface area (Å²) in [5.74, 6) is 0.226. The minimum absolute atomic E-state index is 0.187. The summed E-state index contributed by atoms with van der Waals surface area (Å²) >= 11 is 1.52. The molecule has 0 unspecified atom stereocenters. The van der Waals surface area contributed by atoms with Crippen LogP contribution in [-0.2, 0) is 19.4 Å². The van der Waals surface area contributed by atoms with Gasteiger partial charge in [0.25, 0.3) is 11.8 Å². The number of benzene rings is 4. The van der Waals surface area contributed by atoms with Crippen molar-refractivity contribution >= 4 is 23.2 Å². The molecule has 48 heavy (non-hydrogen) atoms. The second-order valence-electron chi connectivity index (χ2n) is 11.9. The van der Waals surface area contributed by atoms with Gasteiger partial charge in [-0.05, 0) is 60.4 Å². The molecule has 0 radical (unpaired) electrons. The number of aromatic nitrogens is 1. The zero-order valence-corrected chi connectivity index (χ0v) is 28.3. The third kappa shape index (κ3) is 9.60. The fourth-order valence-electron chi connectivity index (χ4n) is 5.66. The predicted octanol–water partition coefficient (Wildman–Crippen LogP) is 6.01. The molecule has 0 aliphatic rings. The number of carbonyl (C=O) groups excluding carboxylic acids is 2. The maximum Gasteiger partial charge on any atom is 0.253 e. The van der Waals surface area contributed by atoms with Crippen LogP contribution in [-0.4, -0.2) is 59.7 Å². The molecule has 0 saturated heterocycles. The van der Waals surface area contributed by atoms with Crippen LogP contribution in [0.2, 0.25) is 0 Å². The summed E-state index contributed by atoms with van der Waals surface area (Å²) < 4.78 is 5.48. The lowest BCUT2D eigenvalue weighted by Gasteiger charge is -2.28. The maximum absolute atomic E-state index is 13.7. The lowest BCUT2D eigenvalue weighted by Crippen LogP contribution is -2.46. The van der Waals surface area contributed by atoms with E-state index in [4.69, 9.17) is 4.74 Å². The van der Waals surface area contributed by atoms with E-state index in [0.29, 0.717) is 42.8 Å². The van der Waals surface area contributed by atoms with E-state index in [1.165, 1.54) is 11.3 Å². The fraction of sp³-hybridized carbons (Fsp3) is 0.256. The predicted molar refractivity (Wildman–Crippen MR) is 190 cm³/mol. The molecule has 0 spiro atoms. The van der Waals surface area contributed by atoms with Crippen LogP contribution in [0.15, 0.2) is 115 Å². The second kappa shape index (κ2) is 16.8. The highest BCUT2D eigenvalue weighted by Gasteiger charge is 2.25. The van der Waals surface area contributed by atoms with Crippen molar-refractivity contribution in [3.05, 3.63) is 153 Å².